The maximum atomic E-state index is 12.7. The molecule has 0 spiro atoms. The van der Waals surface area contributed by atoms with Crippen molar-refractivity contribution in [2.45, 2.75) is 10.7 Å². The quantitative estimate of drug-likeness (QED) is 0.462. The van der Waals surface area contributed by atoms with Gasteiger partial charge in [-0.15, -0.1) is 0 Å². The number of oxime groups is 1. The summed E-state index contributed by atoms with van der Waals surface area (Å²) in [5.41, 5.74) is 1.09. The number of amides is 1. The van der Waals surface area contributed by atoms with E-state index in [2.05, 4.69) is 10.5 Å². The number of nitrogens with zero attached hydrogens (tertiary/aromatic N) is 1. The van der Waals surface area contributed by atoms with E-state index in [1.807, 2.05) is 0 Å². The number of anilines is 1. The lowest BCUT2D eigenvalue weighted by atomic mass is 10.2. The van der Waals surface area contributed by atoms with E-state index in [0.29, 0.717) is 27.9 Å². The summed E-state index contributed by atoms with van der Waals surface area (Å²) in [7, 11) is 0. The van der Waals surface area contributed by atoms with Gasteiger partial charge in [-0.2, -0.15) is 8.78 Å². The number of carbonyl (C=O) groups is 1. The molecule has 0 unspecified atom stereocenters. The molecule has 126 valence electrons. The third kappa shape index (κ3) is 6.33. The second kappa shape index (κ2) is 8.97. The van der Waals surface area contributed by atoms with Crippen LogP contribution in [-0.4, -0.2) is 24.5 Å². The summed E-state index contributed by atoms with van der Waals surface area (Å²) in [5.74, 6) is -3.29. The van der Waals surface area contributed by atoms with Crippen molar-refractivity contribution in [3.05, 3.63) is 59.9 Å². The van der Waals surface area contributed by atoms with Gasteiger partial charge in [0.05, 0.1) is 6.21 Å². The van der Waals surface area contributed by atoms with E-state index in [9.17, 15) is 18.0 Å². The largest absolute Gasteiger partial charge is 0.386 e. The summed E-state index contributed by atoms with van der Waals surface area (Å²) in [4.78, 5) is 16.9. The lowest BCUT2D eigenvalue weighted by Crippen LogP contribution is -2.16. The Morgan fingerprint density at radius 1 is 1.17 bits per heavy atom. The van der Waals surface area contributed by atoms with E-state index in [0.717, 1.165) is 0 Å². The highest BCUT2D eigenvalue weighted by atomic mass is 32.2. The maximum Gasteiger partial charge on any atom is 0.288 e. The van der Waals surface area contributed by atoms with Crippen molar-refractivity contribution in [1.82, 2.24) is 0 Å². The first-order chi connectivity index (χ1) is 11.5. The Labute approximate surface area is 140 Å². The van der Waals surface area contributed by atoms with Crippen LogP contribution in [0.3, 0.4) is 0 Å². The van der Waals surface area contributed by atoms with Gasteiger partial charge < -0.3 is 10.2 Å². The Bertz CT molecular complexity index is 691. The zero-order chi connectivity index (χ0) is 17.4. The molecule has 2 rings (SSSR count). The second-order valence-corrected chi connectivity index (χ2v) is 5.57. The Balaban J connectivity index is 1.75. The van der Waals surface area contributed by atoms with Crippen LogP contribution in [0.4, 0.5) is 18.9 Å². The Morgan fingerprint density at radius 2 is 1.83 bits per heavy atom. The lowest BCUT2D eigenvalue weighted by Gasteiger charge is -2.05. The van der Waals surface area contributed by atoms with Crippen molar-refractivity contribution in [2.24, 2.45) is 5.16 Å². The number of benzene rings is 2. The van der Waals surface area contributed by atoms with Gasteiger partial charge in [0.2, 0.25) is 0 Å². The molecule has 0 atom stereocenters. The molecule has 0 saturated carbocycles. The van der Waals surface area contributed by atoms with Crippen LogP contribution in [0.2, 0.25) is 0 Å². The minimum atomic E-state index is -2.49. The molecule has 8 heteroatoms. The Hall–Kier alpha value is -2.48. The second-order valence-electron chi connectivity index (χ2n) is 4.51. The zero-order valence-corrected chi connectivity index (χ0v) is 13.1. The van der Waals surface area contributed by atoms with E-state index >= 15 is 0 Å². The van der Waals surface area contributed by atoms with Gasteiger partial charge in [-0.25, -0.2) is 4.39 Å². The van der Waals surface area contributed by atoms with E-state index in [1.165, 1.54) is 54.7 Å². The minimum Gasteiger partial charge on any atom is -0.386 e. The van der Waals surface area contributed by atoms with E-state index in [-0.39, 0.29) is 12.4 Å². The fourth-order valence-electron chi connectivity index (χ4n) is 1.66. The first-order valence-electron chi connectivity index (χ1n) is 6.78. The van der Waals surface area contributed by atoms with Crippen molar-refractivity contribution < 1.29 is 22.8 Å². The molecule has 0 fully saturated rings. The molecule has 0 radical (unpaired) electrons. The molecular formula is C16H13F3N2O2S. The summed E-state index contributed by atoms with van der Waals surface area (Å²) in [6.07, 6.45) is 1.35. The number of thioether (sulfide) groups is 1. The summed E-state index contributed by atoms with van der Waals surface area (Å²) in [5, 5.41) is 6.15. The average Bonchev–Trinajstić information content (AvgIpc) is 2.55. The zero-order valence-electron chi connectivity index (χ0n) is 12.3. The predicted octanol–water partition coefficient (Wildman–Crippen LogP) is 4.13. The van der Waals surface area contributed by atoms with E-state index in [1.54, 1.807) is 0 Å². The fraction of sp³-hybridized carbons (Fsp3) is 0.125. The number of hydrogen-bond acceptors (Lipinski definition) is 4. The Morgan fingerprint density at radius 3 is 2.46 bits per heavy atom. The van der Waals surface area contributed by atoms with Gasteiger partial charge in [-0.05, 0) is 42.0 Å². The highest BCUT2D eigenvalue weighted by Crippen LogP contribution is 2.26. The van der Waals surface area contributed by atoms with Gasteiger partial charge >= 0.3 is 0 Å². The lowest BCUT2D eigenvalue weighted by molar-refractivity contribution is -0.120. The molecule has 0 aliphatic rings. The van der Waals surface area contributed by atoms with Crippen LogP contribution in [0.15, 0.2) is 58.6 Å². The molecule has 1 N–H and O–H groups in total. The van der Waals surface area contributed by atoms with Gasteiger partial charge in [0.15, 0.2) is 6.61 Å². The van der Waals surface area contributed by atoms with Gasteiger partial charge in [0, 0.05) is 10.6 Å². The molecule has 0 aliphatic heterocycles. The smallest absolute Gasteiger partial charge is 0.288 e. The van der Waals surface area contributed by atoms with Gasteiger partial charge in [0.25, 0.3) is 11.7 Å². The molecule has 0 heterocycles. The fourth-order valence-corrected chi connectivity index (χ4v) is 2.16. The number of rotatable bonds is 7. The molecule has 0 aliphatic carbocycles. The topological polar surface area (TPSA) is 50.7 Å². The van der Waals surface area contributed by atoms with Gasteiger partial charge in [0.1, 0.15) is 5.82 Å². The summed E-state index contributed by atoms with van der Waals surface area (Å²) >= 11 is 0.428. The van der Waals surface area contributed by atoms with Crippen LogP contribution >= 0.6 is 11.8 Å². The molecule has 0 bridgehead atoms. The standard InChI is InChI=1S/C16H13F3N2O2S/c17-12-3-1-11(2-4-12)9-20-23-10-15(22)21-13-5-7-14(8-6-13)24-16(18)19/h1-9,16H,10H2,(H,21,22)/b20-9+. The number of halogens is 3. The monoisotopic (exact) mass is 354 g/mol. The summed E-state index contributed by atoms with van der Waals surface area (Å²) in [6.45, 7) is -0.314. The molecule has 2 aromatic rings. The van der Waals surface area contributed by atoms with Crippen molar-refractivity contribution in [3.63, 3.8) is 0 Å². The van der Waals surface area contributed by atoms with Crippen LogP contribution in [0.5, 0.6) is 0 Å². The molecule has 0 saturated heterocycles. The number of carbonyl (C=O) groups excluding carboxylic acids is 1. The molecule has 2 aromatic carbocycles. The van der Waals surface area contributed by atoms with Crippen molar-refractivity contribution in [1.29, 1.82) is 0 Å². The van der Waals surface area contributed by atoms with Gasteiger partial charge in [-0.3, -0.25) is 4.79 Å². The van der Waals surface area contributed by atoms with Crippen molar-refractivity contribution in [3.8, 4) is 0 Å². The van der Waals surface area contributed by atoms with Crippen LogP contribution in [0.1, 0.15) is 5.56 Å². The van der Waals surface area contributed by atoms with Crippen molar-refractivity contribution in [2.75, 3.05) is 11.9 Å². The van der Waals surface area contributed by atoms with Crippen LogP contribution in [0.25, 0.3) is 0 Å². The summed E-state index contributed by atoms with van der Waals surface area (Å²) in [6, 6.07) is 11.6. The highest BCUT2D eigenvalue weighted by molar-refractivity contribution is 7.99. The normalized spacial score (nSPS) is 11.0. The van der Waals surface area contributed by atoms with Gasteiger partial charge in [-0.1, -0.05) is 29.1 Å². The van der Waals surface area contributed by atoms with Crippen LogP contribution in [-0.2, 0) is 9.63 Å². The SMILES string of the molecule is O=C(CO/N=C/c1ccc(F)cc1)Nc1ccc(SC(F)F)cc1. The predicted molar refractivity (Wildman–Crippen MR) is 86.9 cm³/mol. The third-order valence-electron chi connectivity index (χ3n) is 2.71. The molecule has 1 amide bonds. The molecular weight excluding hydrogens is 341 g/mol. The maximum absolute atomic E-state index is 12.7. The first kappa shape index (κ1) is 17.9. The number of alkyl halides is 2. The average molecular weight is 354 g/mol. The van der Waals surface area contributed by atoms with Crippen LogP contribution < -0.4 is 5.32 Å². The third-order valence-corrected chi connectivity index (χ3v) is 3.43. The highest BCUT2D eigenvalue weighted by Gasteiger charge is 2.06. The minimum absolute atomic E-state index is 0.314. The van der Waals surface area contributed by atoms with E-state index in [4.69, 9.17) is 4.84 Å². The first-order valence-corrected chi connectivity index (χ1v) is 7.66. The van der Waals surface area contributed by atoms with E-state index < -0.39 is 11.7 Å². The summed E-state index contributed by atoms with van der Waals surface area (Å²) < 4.78 is 37.1. The van der Waals surface area contributed by atoms with Crippen LogP contribution in [0, 0.1) is 5.82 Å². The molecule has 0 aromatic heterocycles. The number of hydrogen-bond donors (Lipinski definition) is 1. The molecule has 24 heavy (non-hydrogen) atoms. The van der Waals surface area contributed by atoms with Crippen molar-refractivity contribution >= 4 is 29.6 Å². The molecule has 4 nitrogen and oxygen atoms in total. The number of nitrogens with one attached hydrogen (secondary N) is 1. The Kier molecular flexibility index (Phi) is 6.68.